The zero-order chi connectivity index (χ0) is 15.7. The van der Waals surface area contributed by atoms with E-state index in [1.54, 1.807) is 0 Å². The molecule has 0 radical (unpaired) electrons. The molecule has 3 rings (SSSR count). The third-order valence-electron chi connectivity index (χ3n) is 4.75. The molecule has 0 spiro atoms. The van der Waals surface area contributed by atoms with E-state index in [9.17, 15) is 4.79 Å². The highest BCUT2D eigenvalue weighted by atomic mass is 16.1. The van der Waals surface area contributed by atoms with Crippen LogP contribution in [0.4, 0.5) is 0 Å². The van der Waals surface area contributed by atoms with Crippen LogP contribution in [0.2, 0.25) is 0 Å². The van der Waals surface area contributed by atoms with Gasteiger partial charge in [0.15, 0.2) is 0 Å². The van der Waals surface area contributed by atoms with Crippen molar-refractivity contribution in [1.82, 2.24) is 9.88 Å². The van der Waals surface area contributed by atoms with Gasteiger partial charge in [-0.25, -0.2) is 0 Å². The molecule has 0 aliphatic heterocycles. The number of carbonyl (C=O) groups excluding carboxylic acids is 1. The van der Waals surface area contributed by atoms with Crippen LogP contribution in [0, 0.1) is 0 Å². The Labute approximate surface area is 131 Å². The molecule has 0 saturated heterocycles. The minimum absolute atomic E-state index is 0.0201. The molecule has 1 unspecified atom stereocenters. The Morgan fingerprint density at radius 2 is 2.27 bits per heavy atom. The molecule has 0 fully saturated rings. The second-order valence-corrected chi connectivity index (χ2v) is 6.15. The van der Waals surface area contributed by atoms with Crippen molar-refractivity contribution in [3.05, 3.63) is 35.0 Å². The Morgan fingerprint density at radius 3 is 3.00 bits per heavy atom. The highest BCUT2D eigenvalue weighted by molar-refractivity contribution is 6.07. The SMILES string of the molecule is CCn1c2c(c3cccc(C(=O)NCCN)c31)CCCC2C. The van der Waals surface area contributed by atoms with Crippen LogP contribution in [0.1, 0.15) is 54.2 Å². The quantitative estimate of drug-likeness (QED) is 0.912. The predicted molar refractivity (Wildman–Crippen MR) is 90.4 cm³/mol. The van der Waals surface area contributed by atoms with Gasteiger partial charge in [-0.15, -0.1) is 0 Å². The number of nitrogens with one attached hydrogen (secondary N) is 1. The van der Waals surface area contributed by atoms with Gasteiger partial charge >= 0.3 is 0 Å². The van der Waals surface area contributed by atoms with Crippen LogP contribution < -0.4 is 11.1 Å². The first-order valence-corrected chi connectivity index (χ1v) is 8.31. The number of aryl methyl sites for hydroxylation is 2. The van der Waals surface area contributed by atoms with Gasteiger partial charge in [-0.2, -0.15) is 0 Å². The van der Waals surface area contributed by atoms with Crippen molar-refractivity contribution in [2.24, 2.45) is 5.73 Å². The number of nitrogens with zero attached hydrogens (tertiary/aromatic N) is 1. The lowest BCUT2D eigenvalue weighted by atomic mass is 9.88. The van der Waals surface area contributed by atoms with Gasteiger partial charge in [0.1, 0.15) is 0 Å². The van der Waals surface area contributed by atoms with Gasteiger partial charge < -0.3 is 15.6 Å². The minimum atomic E-state index is -0.0201. The summed E-state index contributed by atoms with van der Waals surface area (Å²) in [5.74, 6) is 0.546. The standard InChI is InChI=1S/C18H25N3O/c1-3-21-16-12(2)6-4-7-13(16)14-8-5-9-15(17(14)21)18(22)20-11-10-19/h5,8-9,12H,3-4,6-7,10-11,19H2,1-2H3,(H,20,22). The van der Waals surface area contributed by atoms with E-state index in [1.165, 1.54) is 29.5 Å². The van der Waals surface area contributed by atoms with E-state index in [1.807, 2.05) is 12.1 Å². The Morgan fingerprint density at radius 1 is 1.45 bits per heavy atom. The molecule has 1 heterocycles. The number of nitrogens with two attached hydrogens (primary N) is 1. The number of para-hydroxylation sites is 1. The Bertz CT molecular complexity index is 702. The smallest absolute Gasteiger partial charge is 0.253 e. The van der Waals surface area contributed by atoms with E-state index in [0.717, 1.165) is 24.0 Å². The maximum atomic E-state index is 12.5. The molecule has 1 atom stereocenters. The lowest BCUT2D eigenvalue weighted by Gasteiger charge is -2.22. The lowest BCUT2D eigenvalue weighted by Crippen LogP contribution is -2.29. The first kappa shape index (κ1) is 15.1. The second-order valence-electron chi connectivity index (χ2n) is 6.15. The second kappa shape index (κ2) is 6.13. The molecule has 1 aromatic carbocycles. The number of carbonyl (C=O) groups is 1. The van der Waals surface area contributed by atoms with E-state index in [2.05, 4.69) is 29.8 Å². The number of rotatable bonds is 4. The number of hydrogen-bond acceptors (Lipinski definition) is 2. The lowest BCUT2D eigenvalue weighted by molar-refractivity contribution is 0.0956. The first-order valence-electron chi connectivity index (χ1n) is 8.31. The van der Waals surface area contributed by atoms with Crippen LogP contribution in [-0.4, -0.2) is 23.6 Å². The molecule has 4 heteroatoms. The highest BCUT2D eigenvalue weighted by Crippen LogP contribution is 2.39. The van der Waals surface area contributed by atoms with E-state index >= 15 is 0 Å². The van der Waals surface area contributed by atoms with E-state index in [4.69, 9.17) is 5.73 Å². The average Bonchev–Trinajstić information content (AvgIpc) is 2.87. The van der Waals surface area contributed by atoms with E-state index in [0.29, 0.717) is 19.0 Å². The fourth-order valence-corrected chi connectivity index (χ4v) is 3.84. The molecule has 3 N–H and O–H groups in total. The van der Waals surface area contributed by atoms with Crippen molar-refractivity contribution in [2.75, 3.05) is 13.1 Å². The van der Waals surface area contributed by atoms with Crippen molar-refractivity contribution < 1.29 is 4.79 Å². The van der Waals surface area contributed by atoms with Gasteiger partial charge in [-0.3, -0.25) is 4.79 Å². The van der Waals surface area contributed by atoms with Crippen LogP contribution in [0.3, 0.4) is 0 Å². The molecule has 1 aliphatic carbocycles. The van der Waals surface area contributed by atoms with Crippen molar-refractivity contribution in [2.45, 2.75) is 45.6 Å². The number of aromatic nitrogens is 1. The van der Waals surface area contributed by atoms with Gasteiger partial charge in [0.2, 0.25) is 0 Å². The zero-order valence-corrected chi connectivity index (χ0v) is 13.5. The molecule has 1 amide bonds. The third-order valence-corrected chi connectivity index (χ3v) is 4.75. The Balaban J connectivity index is 2.21. The fraction of sp³-hybridized carbons (Fsp3) is 0.500. The summed E-state index contributed by atoms with van der Waals surface area (Å²) in [4.78, 5) is 12.5. The molecule has 22 heavy (non-hydrogen) atoms. The molecule has 0 saturated carbocycles. The molecule has 2 aromatic rings. The summed E-state index contributed by atoms with van der Waals surface area (Å²) in [6.45, 7) is 6.34. The number of amides is 1. The Hall–Kier alpha value is -1.81. The maximum Gasteiger partial charge on any atom is 0.253 e. The topological polar surface area (TPSA) is 60.0 Å². The van der Waals surface area contributed by atoms with Crippen LogP contribution >= 0.6 is 0 Å². The number of hydrogen-bond donors (Lipinski definition) is 2. The van der Waals surface area contributed by atoms with Crippen molar-refractivity contribution in [3.63, 3.8) is 0 Å². The zero-order valence-electron chi connectivity index (χ0n) is 13.5. The van der Waals surface area contributed by atoms with Gasteiger partial charge in [-0.05, 0) is 43.7 Å². The fourth-order valence-electron chi connectivity index (χ4n) is 3.84. The largest absolute Gasteiger partial charge is 0.351 e. The highest BCUT2D eigenvalue weighted by Gasteiger charge is 2.26. The monoisotopic (exact) mass is 299 g/mol. The molecular weight excluding hydrogens is 274 g/mol. The van der Waals surface area contributed by atoms with Crippen LogP contribution in [0.15, 0.2) is 18.2 Å². The van der Waals surface area contributed by atoms with Gasteiger partial charge in [0.25, 0.3) is 5.91 Å². The molecule has 1 aliphatic rings. The number of fused-ring (bicyclic) bond motifs is 3. The number of benzene rings is 1. The summed E-state index contributed by atoms with van der Waals surface area (Å²) in [5, 5.41) is 4.16. The van der Waals surface area contributed by atoms with Crippen molar-refractivity contribution in [1.29, 1.82) is 0 Å². The van der Waals surface area contributed by atoms with Crippen LogP contribution in [0.5, 0.6) is 0 Å². The predicted octanol–water partition coefficient (Wildman–Crippen LogP) is 2.79. The summed E-state index contributed by atoms with van der Waals surface area (Å²) in [6.07, 6.45) is 3.59. The molecule has 0 bridgehead atoms. The summed E-state index contributed by atoms with van der Waals surface area (Å²) in [5.41, 5.74) is 10.3. The molecule has 118 valence electrons. The maximum absolute atomic E-state index is 12.5. The summed E-state index contributed by atoms with van der Waals surface area (Å²) < 4.78 is 2.35. The summed E-state index contributed by atoms with van der Waals surface area (Å²) >= 11 is 0. The van der Waals surface area contributed by atoms with E-state index < -0.39 is 0 Å². The van der Waals surface area contributed by atoms with Gasteiger partial charge in [0.05, 0.1) is 11.1 Å². The van der Waals surface area contributed by atoms with E-state index in [-0.39, 0.29) is 5.91 Å². The average molecular weight is 299 g/mol. The van der Waals surface area contributed by atoms with Gasteiger partial charge in [0, 0.05) is 30.7 Å². The molecule has 1 aromatic heterocycles. The van der Waals surface area contributed by atoms with Crippen molar-refractivity contribution >= 4 is 16.8 Å². The minimum Gasteiger partial charge on any atom is -0.351 e. The molecular formula is C18H25N3O. The van der Waals surface area contributed by atoms with Gasteiger partial charge in [-0.1, -0.05) is 19.1 Å². The summed E-state index contributed by atoms with van der Waals surface area (Å²) in [7, 11) is 0. The van der Waals surface area contributed by atoms with Crippen LogP contribution in [0.25, 0.3) is 10.9 Å². The normalized spacial score (nSPS) is 17.5. The Kier molecular flexibility index (Phi) is 4.21. The molecule has 4 nitrogen and oxygen atoms in total. The third kappa shape index (κ3) is 2.31. The first-order chi connectivity index (χ1) is 10.7. The van der Waals surface area contributed by atoms with Crippen LogP contribution in [-0.2, 0) is 13.0 Å². The van der Waals surface area contributed by atoms with Crippen molar-refractivity contribution in [3.8, 4) is 0 Å². The summed E-state index contributed by atoms with van der Waals surface area (Å²) in [6, 6.07) is 6.09.